The fourth-order valence-corrected chi connectivity index (χ4v) is 2.81. The van der Waals surface area contributed by atoms with E-state index in [0.717, 1.165) is 6.54 Å². The molecule has 1 aromatic heterocycles. The molecule has 1 saturated carbocycles. The van der Waals surface area contributed by atoms with Gasteiger partial charge >= 0.3 is 0 Å². The molecule has 8 heteroatoms. The normalized spacial score (nSPS) is 18.2. The van der Waals surface area contributed by atoms with Gasteiger partial charge in [-0.05, 0) is 18.8 Å². The van der Waals surface area contributed by atoms with Crippen LogP contribution in [-0.4, -0.2) is 35.5 Å². The summed E-state index contributed by atoms with van der Waals surface area (Å²) in [6.07, 6.45) is 0.663. The summed E-state index contributed by atoms with van der Waals surface area (Å²) in [5.41, 5.74) is 3.04. The van der Waals surface area contributed by atoms with Gasteiger partial charge in [0.2, 0.25) is 11.9 Å². The average molecular weight is 348 g/mol. The molecule has 130 valence electrons. The summed E-state index contributed by atoms with van der Waals surface area (Å²) in [6, 6.07) is 1.61. The molecule has 1 aromatic rings. The van der Waals surface area contributed by atoms with Crippen molar-refractivity contribution in [2.45, 2.75) is 51.5 Å². The molecule has 0 atom stereocenters. The van der Waals surface area contributed by atoms with Crippen LogP contribution >= 0.6 is 11.6 Å². The molecular weight excluding hydrogens is 324 g/mol. The van der Waals surface area contributed by atoms with Crippen LogP contribution in [0.15, 0.2) is 6.07 Å². The zero-order valence-corrected chi connectivity index (χ0v) is 14.5. The Kier molecular flexibility index (Phi) is 5.97. The van der Waals surface area contributed by atoms with Gasteiger partial charge in [0.15, 0.2) is 0 Å². The van der Waals surface area contributed by atoms with Crippen molar-refractivity contribution in [2.24, 2.45) is 5.92 Å². The molecule has 1 heterocycles. The molecule has 0 aliphatic heterocycles. The van der Waals surface area contributed by atoms with Crippen LogP contribution in [0.2, 0.25) is 5.15 Å². The van der Waals surface area contributed by atoms with E-state index in [1.54, 1.807) is 13.1 Å². The summed E-state index contributed by atoms with van der Waals surface area (Å²) in [5.74, 6) is -1.08. The van der Waals surface area contributed by atoms with Crippen molar-refractivity contribution < 1.29 is 8.78 Å². The van der Waals surface area contributed by atoms with E-state index in [1.165, 1.54) is 0 Å². The van der Waals surface area contributed by atoms with E-state index in [2.05, 4.69) is 34.6 Å². The molecule has 1 aliphatic carbocycles. The average Bonchev–Trinajstić information content (AvgIpc) is 2.46. The Balaban J connectivity index is 2.08. The Morgan fingerprint density at radius 3 is 2.57 bits per heavy atom. The van der Waals surface area contributed by atoms with Crippen LogP contribution < -0.4 is 15.8 Å². The molecule has 23 heavy (non-hydrogen) atoms. The van der Waals surface area contributed by atoms with Gasteiger partial charge in [-0.1, -0.05) is 25.4 Å². The highest BCUT2D eigenvalue weighted by Gasteiger charge is 2.35. The van der Waals surface area contributed by atoms with Crippen LogP contribution in [0.3, 0.4) is 0 Å². The van der Waals surface area contributed by atoms with Crippen LogP contribution in [0.25, 0.3) is 0 Å². The number of aromatic nitrogens is 2. The highest BCUT2D eigenvalue weighted by atomic mass is 35.5. The molecule has 1 fully saturated rings. The van der Waals surface area contributed by atoms with Crippen LogP contribution in [-0.2, 0) is 0 Å². The van der Waals surface area contributed by atoms with Crippen LogP contribution in [0.4, 0.5) is 20.5 Å². The number of halogens is 3. The smallest absolute Gasteiger partial charge is 0.248 e. The molecule has 2 rings (SSSR count). The van der Waals surface area contributed by atoms with Crippen molar-refractivity contribution in [1.82, 2.24) is 15.4 Å². The topological polar surface area (TPSA) is 53.1 Å². The molecule has 0 unspecified atom stereocenters. The SMILES string of the molecule is CNN(CC(C)C)c1nc(Cl)cc(NC2CCC(F)(F)CC2)n1. The lowest BCUT2D eigenvalue weighted by Crippen LogP contribution is -2.39. The highest BCUT2D eigenvalue weighted by molar-refractivity contribution is 6.29. The molecule has 0 amide bonds. The van der Waals surface area contributed by atoms with Gasteiger partial charge in [-0.2, -0.15) is 9.97 Å². The molecule has 0 bridgehead atoms. The minimum Gasteiger partial charge on any atom is -0.367 e. The fraction of sp³-hybridized carbons (Fsp3) is 0.733. The van der Waals surface area contributed by atoms with E-state index in [0.29, 0.717) is 35.7 Å². The van der Waals surface area contributed by atoms with Gasteiger partial charge in [0.1, 0.15) is 11.0 Å². The second kappa shape index (κ2) is 7.57. The van der Waals surface area contributed by atoms with Gasteiger partial charge < -0.3 is 5.32 Å². The van der Waals surface area contributed by atoms with Crippen molar-refractivity contribution in [3.8, 4) is 0 Å². The Hall–Kier alpha value is -1.21. The maximum atomic E-state index is 13.2. The van der Waals surface area contributed by atoms with Crippen molar-refractivity contribution in [1.29, 1.82) is 0 Å². The summed E-state index contributed by atoms with van der Waals surface area (Å²) in [5, 5.41) is 5.35. The molecule has 0 saturated heterocycles. The van der Waals surface area contributed by atoms with Gasteiger partial charge in [0.25, 0.3) is 0 Å². The quantitative estimate of drug-likeness (QED) is 0.607. The van der Waals surface area contributed by atoms with Gasteiger partial charge in [-0.3, -0.25) is 5.01 Å². The second-order valence-corrected chi connectivity index (χ2v) is 6.77. The maximum absolute atomic E-state index is 13.2. The van der Waals surface area contributed by atoms with Crippen LogP contribution in [0, 0.1) is 5.92 Å². The summed E-state index contributed by atoms with van der Waals surface area (Å²) in [7, 11) is 1.79. The minimum absolute atomic E-state index is 0.0124. The predicted octanol–water partition coefficient (Wildman–Crippen LogP) is 3.72. The lowest BCUT2D eigenvalue weighted by Gasteiger charge is -2.29. The van der Waals surface area contributed by atoms with Crippen molar-refractivity contribution in [3.05, 3.63) is 11.2 Å². The number of hydrogen-bond donors (Lipinski definition) is 2. The molecular formula is C15H24ClF2N5. The van der Waals surface area contributed by atoms with E-state index >= 15 is 0 Å². The minimum atomic E-state index is -2.53. The van der Waals surface area contributed by atoms with Gasteiger partial charge in [-0.25, -0.2) is 14.2 Å². The molecule has 2 N–H and O–H groups in total. The van der Waals surface area contributed by atoms with Gasteiger partial charge in [0, 0.05) is 38.5 Å². The molecule has 0 spiro atoms. The number of alkyl halides is 2. The third kappa shape index (κ3) is 5.42. The predicted molar refractivity (Wildman–Crippen MR) is 89.1 cm³/mol. The van der Waals surface area contributed by atoms with Crippen LogP contribution in [0.1, 0.15) is 39.5 Å². The lowest BCUT2D eigenvalue weighted by atomic mass is 9.92. The molecule has 5 nitrogen and oxygen atoms in total. The summed E-state index contributed by atoms with van der Waals surface area (Å²) in [4.78, 5) is 8.69. The van der Waals surface area contributed by atoms with Gasteiger partial charge in [-0.15, -0.1) is 0 Å². The Morgan fingerprint density at radius 2 is 2.00 bits per heavy atom. The first kappa shape index (κ1) is 18.1. The first-order chi connectivity index (χ1) is 10.8. The van der Waals surface area contributed by atoms with E-state index in [9.17, 15) is 8.78 Å². The lowest BCUT2D eigenvalue weighted by molar-refractivity contribution is -0.0361. The van der Waals surface area contributed by atoms with E-state index in [4.69, 9.17) is 11.6 Å². The monoisotopic (exact) mass is 347 g/mol. The van der Waals surface area contributed by atoms with E-state index in [-0.39, 0.29) is 18.9 Å². The molecule has 0 aromatic carbocycles. The summed E-state index contributed by atoms with van der Waals surface area (Å²) >= 11 is 6.09. The Labute approximate surface area is 140 Å². The largest absolute Gasteiger partial charge is 0.367 e. The zero-order valence-electron chi connectivity index (χ0n) is 13.7. The van der Waals surface area contributed by atoms with E-state index < -0.39 is 5.92 Å². The zero-order chi connectivity index (χ0) is 17.0. The maximum Gasteiger partial charge on any atom is 0.248 e. The van der Waals surface area contributed by atoms with Gasteiger partial charge in [0.05, 0.1) is 0 Å². The second-order valence-electron chi connectivity index (χ2n) is 6.38. The van der Waals surface area contributed by atoms with E-state index in [1.807, 2.05) is 5.01 Å². The summed E-state index contributed by atoms with van der Waals surface area (Å²) in [6.45, 7) is 4.92. The molecule has 1 aliphatic rings. The number of rotatable bonds is 6. The number of nitrogens with zero attached hydrogens (tertiary/aromatic N) is 3. The standard InChI is InChI=1S/C15H24ClF2N5/c1-10(2)9-23(19-3)14-21-12(16)8-13(22-14)20-11-4-6-15(17,18)7-5-11/h8,10-11,19H,4-7,9H2,1-3H3,(H,20,21,22). The fourth-order valence-electron chi connectivity index (χ4n) is 2.63. The Bertz CT molecular complexity index is 517. The summed E-state index contributed by atoms with van der Waals surface area (Å²) < 4.78 is 26.5. The van der Waals surface area contributed by atoms with Crippen LogP contribution in [0.5, 0.6) is 0 Å². The number of nitrogens with one attached hydrogen (secondary N) is 2. The number of hydrazine groups is 1. The number of anilines is 2. The number of hydrogen-bond acceptors (Lipinski definition) is 5. The molecule has 0 radical (unpaired) electrons. The third-order valence-electron chi connectivity index (χ3n) is 3.81. The third-order valence-corrected chi connectivity index (χ3v) is 4.00. The highest BCUT2D eigenvalue weighted by Crippen LogP contribution is 2.34. The first-order valence-corrected chi connectivity index (χ1v) is 8.31. The Morgan fingerprint density at radius 1 is 1.35 bits per heavy atom. The van der Waals surface area contributed by atoms with Crippen molar-refractivity contribution in [3.63, 3.8) is 0 Å². The van der Waals surface area contributed by atoms with Crippen molar-refractivity contribution >= 4 is 23.4 Å². The van der Waals surface area contributed by atoms with Crippen molar-refractivity contribution in [2.75, 3.05) is 23.9 Å². The first-order valence-electron chi connectivity index (χ1n) is 7.93.